The summed E-state index contributed by atoms with van der Waals surface area (Å²) < 4.78 is 4.97. The molecular weight excluding hydrogens is 180 g/mol. The summed E-state index contributed by atoms with van der Waals surface area (Å²) in [4.78, 5) is 10.6. The molecule has 1 atom stereocenters. The highest BCUT2D eigenvalue weighted by Crippen LogP contribution is 2.11. The van der Waals surface area contributed by atoms with Gasteiger partial charge in [-0.25, -0.2) is 0 Å². The van der Waals surface area contributed by atoms with E-state index in [1.165, 1.54) is 6.92 Å². The number of furan rings is 1. The van der Waals surface area contributed by atoms with Gasteiger partial charge in [-0.1, -0.05) is 0 Å². The van der Waals surface area contributed by atoms with Crippen molar-refractivity contribution >= 4 is 5.91 Å². The highest BCUT2D eigenvalue weighted by molar-refractivity contribution is 5.72. The van der Waals surface area contributed by atoms with E-state index in [1.807, 2.05) is 6.07 Å². The second-order valence-electron chi connectivity index (χ2n) is 3.22. The molecule has 1 aromatic heterocycles. The third-order valence-electron chi connectivity index (χ3n) is 1.99. The first-order chi connectivity index (χ1) is 6.70. The molecule has 1 unspecified atom stereocenters. The number of amides is 1. The summed E-state index contributed by atoms with van der Waals surface area (Å²) in [6.45, 7) is 4.97. The summed E-state index contributed by atoms with van der Waals surface area (Å²) in [7, 11) is 0. The standard InChI is InChI=1S/C10H16N2O2/c1-8(10-3-6-14-7-10)11-4-5-12-9(2)13/h3,6-8,11H,4-5H2,1-2H3,(H,12,13). The lowest BCUT2D eigenvalue weighted by atomic mass is 10.2. The average molecular weight is 196 g/mol. The van der Waals surface area contributed by atoms with Crippen LogP contribution in [0.25, 0.3) is 0 Å². The summed E-state index contributed by atoms with van der Waals surface area (Å²) in [6, 6.07) is 2.18. The van der Waals surface area contributed by atoms with E-state index in [-0.39, 0.29) is 11.9 Å². The van der Waals surface area contributed by atoms with E-state index >= 15 is 0 Å². The Bertz CT molecular complexity index is 270. The van der Waals surface area contributed by atoms with Crippen molar-refractivity contribution in [3.63, 3.8) is 0 Å². The SMILES string of the molecule is CC(=O)NCCNC(C)c1ccoc1. The van der Waals surface area contributed by atoms with Crippen LogP contribution in [0.1, 0.15) is 25.5 Å². The second-order valence-corrected chi connectivity index (χ2v) is 3.22. The smallest absolute Gasteiger partial charge is 0.216 e. The van der Waals surface area contributed by atoms with E-state index in [1.54, 1.807) is 12.5 Å². The van der Waals surface area contributed by atoms with Gasteiger partial charge in [-0.15, -0.1) is 0 Å². The number of hydrogen-bond acceptors (Lipinski definition) is 3. The average Bonchev–Trinajstić information content (AvgIpc) is 2.64. The number of carbonyl (C=O) groups is 1. The van der Waals surface area contributed by atoms with Gasteiger partial charge in [-0.3, -0.25) is 4.79 Å². The molecule has 0 spiro atoms. The maximum Gasteiger partial charge on any atom is 0.216 e. The fourth-order valence-electron chi connectivity index (χ4n) is 1.17. The third-order valence-corrected chi connectivity index (χ3v) is 1.99. The summed E-state index contributed by atoms with van der Waals surface area (Å²) >= 11 is 0. The molecular formula is C10H16N2O2. The van der Waals surface area contributed by atoms with E-state index < -0.39 is 0 Å². The summed E-state index contributed by atoms with van der Waals surface area (Å²) in [5, 5.41) is 5.99. The molecule has 2 N–H and O–H groups in total. The molecule has 4 heteroatoms. The molecule has 0 aromatic carbocycles. The van der Waals surface area contributed by atoms with Crippen molar-refractivity contribution in [1.29, 1.82) is 0 Å². The van der Waals surface area contributed by atoms with Crippen LogP contribution in [0.3, 0.4) is 0 Å². The Morgan fingerprint density at radius 2 is 2.36 bits per heavy atom. The van der Waals surface area contributed by atoms with Gasteiger partial charge in [-0.2, -0.15) is 0 Å². The van der Waals surface area contributed by atoms with Crippen LogP contribution in [0.5, 0.6) is 0 Å². The van der Waals surface area contributed by atoms with Crippen molar-refractivity contribution in [1.82, 2.24) is 10.6 Å². The van der Waals surface area contributed by atoms with Crippen LogP contribution < -0.4 is 10.6 Å². The third kappa shape index (κ3) is 3.62. The number of nitrogens with one attached hydrogen (secondary N) is 2. The van der Waals surface area contributed by atoms with Gasteiger partial charge in [0.2, 0.25) is 5.91 Å². The minimum absolute atomic E-state index is 0.00256. The van der Waals surface area contributed by atoms with Crippen molar-refractivity contribution in [2.45, 2.75) is 19.9 Å². The van der Waals surface area contributed by atoms with Gasteiger partial charge in [0.1, 0.15) is 0 Å². The molecule has 1 heterocycles. The molecule has 1 aromatic rings. The van der Waals surface area contributed by atoms with Crippen LogP contribution in [0.2, 0.25) is 0 Å². The Kier molecular flexibility index (Phi) is 4.19. The Hall–Kier alpha value is -1.29. The topological polar surface area (TPSA) is 54.3 Å². The van der Waals surface area contributed by atoms with Crippen molar-refractivity contribution in [2.75, 3.05) is 13.1 Å². The lowest BCUT2D eigenvalue weighted by Gasteiger charge is -2.11. The number of carbonyl (C=O) groups excluding carboxylic acids is 1. The molecule has 14 heavy (non-hydrogen) atoms. The normalized spacial score (nSPS) is 12.4. The molecule has 0 radical (unpaired) electrons. The Labute approximate surface area is 83.7 Å². The molecule has 1 rings (SSSR count). The number of hydrogen-bond donors (Lipinski definition) is 2. The Balaban J connectivity index is 2.16. The maximum atomic E-state index is 10.6. The highest BCUT2D eigenvalue weighted by atomic mass is 16.3. The van der Waals surface area contributed by atoms with E-state index in [9.17, 15) is 4.79 Å². The van der Waals surface area contributed by atoms with Gasteiger partial charge in [0.05, 0.1) is 12.5 Å². The first-order valence-corrected chi connectivity index (χ1v) is 4.70. The van der Waals surface area contributed by atoms with Crippen molar-refractivity contribution < 1.29 is 9.21 Å². The second kappa shape index (κ2) is 5.44. The molecule has 4 nitrogen and oxygen atoms in total. The van der Waals surface area contributed by atoms with Gasteiger partial charge < -0.3 is 15.1 Å². The van der Waals surface area contributed by atoms with Crippen LogP contribution >= 0.6 is 0 Å². The zero-order valence-corrected chi connectivity index (χ0v) is 8.54. The van der Waals surface area contributed by atoms with Gasteiger partial charge in [0.15, 0.2) is 0 Å². The van der Waals surface area contributed by atoms with Crippen LogP contribution in [0.4, 0.5) is 0 Å². The predicted octanol–water partition coefficient (Wildman–Crippen LogP) is 1.07. The van der Waals surface area contributed by atoms with Gasteiger partial charge >= 0.3 is 0 Å². The molecule has 0 fully saturated rings. The van der Waals surface area contributed by atoms with E-state index in [0.717, 1.165) is 12.1 Å². The fourth-order valence-corrected chi connectivity index (χ4v) is 1.17. The lowest BCUT2D eigenvalue weighted by Crippen LogP contribution is -2.31. The molecule has 0 bridgehead atoms. The van der Waals surface area contributed by atoms with Gasteiger partial charge in [0.25, 0.3) is 0 Å². The Morgan fingerprint density at radius 3 is 2.93 bits per heavy atom. The molecule has 78 valence electrons. The van der Waals surface area contributed by atoms with Crippen molar-refractivity contribution in [2.24, 2.45) is 0 Å². The van der Waals surface area contributed by atoms with Crippen molar-refractivity contribution in [3.05, 3.63) is 24.2 Å². The highest BCUT2D eigenvalue weighted by Gasteiger charge is 2.04. The minimum Gasteiger partial charge on any atom is -0.472 e. The molecule has 0 aliphatic carbocycles. The maximum absolute atomic E-state index is 10.6. The zero-order valence-electron chi connectivity index (χ0n) is 8.54. The lowest BCUT2D eigenvalue weighted by molar-refractivity contribution is -0.118. The van der Waals surface area contributed by atoms with Crippen LogP contribution in [0.15, 0.2) is 23.0 Å². The van der Waals surface area contributed by atoms with Crippen LogP contribution in [-0.4, -0.2) is 19.0 Å². The summed E-state index contributed by atoms with van der Waals surface area (Å²) in [5.41, 5.74) is 1.12. The molecule has 1 amide bonds. The first-order valence-electron chi connectivity index (χ1n) is 4.70. The van der Waals surface area contributed by atoms with E-state index in [0.29, 0.717) is 6.54 Å². The van der Waals surface area contributed by atoms with E-state index in [2.05, 4.69) is 17.6 Å². The quantitative estimate of drug-likeness (QED) is 0.692. The molecule has 0 saturated carbocycles. The monoisotopic (exact) mass is 196 g/mol. The first kappa shape index (κ1) is 10.8. The molecule has 0 saturated heterocycles. The van der Waals surface area contributed by atoms with E-state index in [4.69, 9.17) is 4.42 Å². The Morgan fingerprint density at radius 1 is 1.57 bits per heavy atom. The number of rotatable bonds is 5. The van der Waals surface area contributed by atoms with Crippen LogP contribution in [0, 0.1) is 0 Å². The predicted molar refractivity (Wildman–Crippen MR) is 53.8 cm³/mol. The summed E-state index contributed by atoms with van der Waals surface area (Å²) in [5.74, 6) is 0.00256. The molecule has 0 aliphatic rings. The van der Waals surface area contributed by atoms with Crippen LogP contribution in [-0.2, 0) is 4.79 Å². The summed E-state index contributed by atoms with van der Waals surface area (Å²) in [6.07, 6.45) is 3.37. The fraction of sp³-hybridized carbons (Fsp3) is 0.500. The van der Waals surface area contributed by atoms with Gasteiger partial charge in [0, 0.05) is 31.6 Å². The van der Waals surface area contributed by atoms with Crippen molar-refractivity contribution in [3.8, 4) is 0 Å². The van der Waals surface area contributed by atoms with Gasteiger partial charge in [-0.05, 0) is 13.0 Å². The minimum atomic E-state index is 0.00256. The largest absolute Gasteiger partial charge is 0.472 e. The zero-order chi connectivity index (χ0) is 10.4. The molecule has 0 aliphatic heterocycles.